The third kappa shape index (κ3) is 4.44. The Morgan fingerprint density at radius 1 is 1.39 bits per heavy atom. The summed E-state index contributed by atoms with van der Waals surface area (Å²) in [4.78, 5) is 18.7. The number of amides is 1. The third-order valence-corrected chi connectivity index (χ3v) is 4.75. The zero-order valence-corrected chi connectivity index (χ0v) is 14.0. The zero-order chi connectivity index (χ0) is 16.1. The molecular weight excluding hydrogens is 290 g/mol. The van der Waals surface area contributed by atoms with E-state index in [2.05, 4.69) is 28.2 Å². The molecule has 1 unspecified atom stereocenters. The molecule has 1 saturated heterocycles. The summed E-state index contributed by atoms with van der Waals surface area (Å²) in [5, 5.41) is 3.21. The standard InChI is InChI=1S/C18H27N3O2/c1-2-10-23-17-7-6-14(11-19-17)12-21-9-8-16(13-21)20-18(22)15-4-3-5-15/h6-7,11,15-16H,2-5,8-10,12-13H2,1H3,(H,20,22). The molecule has 1 aliphatic carbocycles. The monoisotopic (exact) mass is 317 g/mol. The van der Waals surface area contributed by atoms with Gasteiger partial charge in [-0.05, 0) is 31.2 Å². The van der Waals surface area contributed by atoms with E-state index in [0.717, 1.165) is 45.3 Å². The molecule has 1 aromatic rings. The highest BCUT2D eigenvalue weighted by molar-refractivity contribution is 5.79. The molecule has 1 aromatic heterocycles. The van der Waals surface area contributed by atoms with Crippen LogP contribution in [0.1, 0.15) is 44.6 Å². The van der Waals surface area contributed by atoms with Crippen molar-refractivity contribution in [3.63, 3.8) is 0 Å². The van der Waals surface area contributed by atoms with Crippen molar-refractivity contribution in [3.05, 3.63) is 23.9 Å². The van der Waals surface area contributed by atoms with E-state index in [0.29, 0.717) is 18.5 Å². The van der Waals surface area contributed by atoms with Crippen molar-refractivity contribution in [2.75, 3.05) is 19.7 Å². The number of rotatable bonds is 7. The second kappa shape index (κ2) is 7.77. The molecule has 0 spiro atoms. The molecule has 1 amide bonds. The van der Waals surface area contributed by atoms with Crippen LogP contribution in [0.4, 0.5) is 0 Å². The van der Waals surface area contributed by atoms with Gasteiger partial charge in [-0.3, -0.25) is 9.69 Å². The van der Waals surface area contributed by atoms with Crippen molar-refractivity contribution in [3.8, 4) is 5.88 Å². The summed E-state index contributed by atoms with van der Waals surface area (Å²) in [7, 11) is 0. The summed E-state index contributed by atoms with van der Waals surface area (Å²) >= 11 is 0. The fourth-order valence-electron chi connectivity index (χ4n) is 3.14. The third-order valence-electron chi connectivity index (χ3n) is 4.75. The molecule has 1 saturated carbocycles. The van der Waals surface area contributed by atoms with Crippen LogP contribution in [0.5, 0.6) is 5.88 Å². The zero-order valence-electron chi connectivity index (χ0n) is 14.0. The van der Waals surface area contributed by atoms with Crippen LogP contribution < -0.4 is 10.1 Å². The van der Waals surface area contributed by atoms with Crippen LogP contribution in [0.25, 0.3) is 0 Å². The van der Waals surface area contributed by atoms with Crippen molar-refractivity contribution >= 4 is 5.91 Å². The summed E-state index contributed by atoms with van der Waals surface area (Å²) in [5.74, 6) is 1.24. The van der Waals surface area contributed by atoms with Crippen LogP contribution >= 0.6 is 0 Å². The Balaban J connectivity index is 1.43. The predicted molar refractivity (Wildman–Crippen MR) is 89.2 cm³/mol. The van der Waals surface area contributed by atoms with Crippen molar-refractivity contribution in [2.24, 2.45) is 5.92 Å². The number of aromatic nitrogens is 1. The molecule has 5 nitrogen and oxygen atoms in total. The van der Waals surface area contributed by atoms with E-state index in [1.807, 2.05) is 12.3 Å². The lowest BCUT2D eigenvalue weighted by Crippen LogP contribution is -2.42. The molecule has 2 heterocycles. The summed E-state index contributed by atoms with van der Waals surface area (Å²) < 4.78 is 5.51. The van der Waals surface area contributed by atoms with Crippen LogP contribution in [0, 0.1) is 5.92 Å². The fourth-order valence-corrected chi connectivity index (χ4v) is 3.14. The number of carbonyl (C=O) groups excluding carboxylic acids is 1. The van der Waals surface area contributed by atoms with Gasteiger partial charge < -0.3 is 10.1 Å². The number of likely N-dealkylation sites (tertiary alicyclic amines) is 1. The van der Waals surface area contributed by atoms with E-state index in [1.54, 1.807) is 0 Å². The molecule has 1 N–H and O–H groups in total. The Morgan fingerprint density at radius 2 is 2.26 bits per heavy atom. The summed E-state index contributed by atoms with van der Waals surface area (Å²) in [6.07, 6.45) is 7.28. The fraction of sp³-hybridized carbons (Fsp3) is 0.667. The van der Waals surface area contributed by atoms with Crippen molar-refractivity contribution in [1.29, 1.82) is 0 Å². The van der Waals surface area contributed by atoms with Gasteiger partial charge in [-0.2, -0.15) is 0 Å². The van der Waals surface area contributed by atoms with Gasteiger partial charge in [-0.15, -0.1) is 0 Å². The first-order valence-electron chi connectivity index (χ1n) is 8.85. The van der Waals surface area contributed by atoms with Gasteiger partial charge in [0.05, 0.1) is 6.61 Å². The van der Waals surface area contributed by atoms with Crippen LogP contribution in [0.2, 0.25) is 0 Å². The van der Waals surface area contributed by atoms with Crippen LogP contribution in [0.3, 0.4) is 0 Å². The van der Waals surface area contributed by atoms with E-state index >= 15 is 0 Å². The summed E-state index contributed by atoms with van der Waals surface area (Å²) in [5.41, 5.74) is 1.19. The van der Waals surface area contributed by atoms with E-state index in [4.69, 9.17) is 4.74 Å². The Morgan fingerprint density at radius 3 is 2.91 bits per heavy atom. The van der Waals surface area contributed by atoms with E-state index < -0.39 is 0 Å². The van der Waals surface area contributed by atoms with Crippen molar-refractivity contribution < 1.29 is 9.53 Å². The SMILES string of the molecule is CCCOc1ccc(CN2CCC(NC(=O)C3CCC3)C2)cn1. The van der Waals surface area contributed by atoms with E-state index in [9.17, 15) is 4.79 Å². The maximum atomic E-state index is 12.0. The number of pyridine rings is 1. The average molecular weight is 317 g/mol. The second-order valence-corrected chi connectivity index (χ2v) is 6.71. The van der Waals surface area contributed by atoms with Gasteiger partial charge in [0.25, 0.3) is 0 Å². The molecule has 0 aromatic carbocycles. The predicted octanol–water partition coefficient (Wildman–Crippen LogP) is 2.36. The first-order chi connectivity index (χ1) is 11.2. The van der Waals surface area contributed by atoms with Gasteiger partial charge in [0.1, 0.15) is 0 Å². The normalized spacial score (nSPS) is 21.9. The number of carbonyl (C=O) groups is 1. The Labute approximate surface area is 138 Å². The minimum absolute atomic E-state index is 0.266. The lowest BCUT2D eigenvalue weighted by atomic mass is 9.84. The Hall–Kier alpha value is -1.62. The molecule has 5 heteroatoms. The smallest absolute Gasteiger partial charge is 0.223 e. The first kappa shape index (κ1) is 16.2. The quantitative estimate of drug-likeness (QED) is 0.839. The molecule has 2 aliphatic rings. The molecule has 2 fully saturated rings. The highest BCUT2D eigenvalue weighted by atomic mass is 16.5. The lowest BCUT2D eigenvalue weighted by molar-refractivity contribution is -0.128. The van der Waals surface area contributed by atoms with Gasteiger partial charge in [-0.25, -0.2) is 4.98 Å². The molecule has 1 atom stereocenters. The van der Waals surface area contributed by atoms with Crippen LogP contribution in [-0.2, 0) is 11.3 Å². The summed E-state index contributed by atoms with van der Waals surface area (Å²) in [6.45, 7) is 5.65. The largest absolute Gasteiger partial charge is 0.478 e. The summed E-state index contributed by atoms with van der Waals surface area (Å²) in [6, 6.07) is 4.33. The maximum Gasteiger partial charge on any atom is 0.223 e. The number of nitrogens with zero attached hydrogens (tertiary/aromatic N) is 2. The highest BCUT2D eigenvalue weighted by Gasteiger charge is 2.29. The molecule has 1 aliphatic heterocycles. The molecule has 23 heavy (non-hydrogen) atoms. The Kier molecular flexibility index (Phi) is 5.49. The topological polar surface area (TPSA) is 54.5 Å². The molecule has 126 valence electrons. The van der Waals surface area contributed by atoms with Gasteiger partial charge >= 0.3 is 0 Å². The average Bonchev–Trinajstić information content (AvgIpc) is 2.91. The molecule has 3 rings (SSSR count). The number of ether oxygens (including phenoxy) is 1. The van der Waals surface area contributed by atoms with Gasteiger partial charge in [0, 0.05) is 43.9 Å². The molecular formula is C18H27N3O2. The first-order valence-corrected chi connectivity index (χ1v) is 8.85. The van der Waals surface area contributed by atoms with Crippen LogP contribution in [0.15, 0.2) is 18.3 Å². The van der Waals surface area contributed by atoms with E-state index in [-0.39, 0.29) is 11.8 Å². The number of nitrogens with one attached hydrogen (secondary N) is 1. The number of hydrogen-bond donors (Lipinski definition) is 1. The molecule has 0 radical (unpaired) electrons. The Bertz CT molecular complexity index is 514. The second-order valence-electron chi connectivity index (χ2n) is 6.71. The van der Waals surface area contributed by atoms with Gasteiger partial charge in [0.2, 0.25) is 11.8 Å². The van der Waals surface area contributed by atoms with Crippen molar-refractivity contribution in [1.82, 2.24) is 15.2 Å². The van der Waals surface area contributed by atoms with Crippen molar-refractivity contribution in [2.45, 2.75) is 51.6 Å². The lowest BCUT2D eigenvalue weighted by Gasteiger charge is -2.26. The van der Waals surface area contributed by atoms with Crippen LogP contribution in [-0.4, -0.2) is 41.5 Å². The maximum absolute atomic E-state index is 12.0. The van der Waals surface area contributed by atoms with Gasteiger partial charge in [0.15, 0.2) is 0 Å². The highest BCUT2D eigenvalue weighted by Crippen LogP contribution is 2.26. The minimum atomic E-state index is 0.266. The van der Waals surface area contributed by atoms with E-state index in [1.165, 1.54) is 12.0 Å². The van der Waals surface area contributed by atoms with Gasteiger partial charge in [-0.1, -0.05) is 19.4 Å². The minimum Gasteiger partial charge on any atom is -0.478 e. The molecule has 0 bridgehead atoms. The number of hydrogen-bond acceptors (Lipinski definition) is 4.